The van der Waals surface area contributed by atoms with Gasteiger partial charge >= 0.3 is 0 Å². The Kier molecular flexibility index (Phi) is 3.58. The van der Waals surface area contributed by atoms with Crippen LogP contribution in [-0.4, -0.2) is 32.1 Å². The van der Waals surface area contributed by atoms with Crippen molar-refractivity contribution >= 4 is 27.3 Å². The highest BCUT2D eigenvalue weighted by Crippen LogP contribution is 2.32. The predicted octanol–water partition coefficient (Wildman–Crippen LogP) is 1.66. The Hall–Kier alpha value is -2.41. The molecule has 114 valence electrons. The number of carbonyl (C=O) groups is 1. The van der Waals surface area contributed by atoms with Gasteiger partial charge in [0.1, 0.15) is 0 Å². The first-order valence-electron chi connectivity index (χ1n) is 6.77. The molecule has 0 aliphatic carbocycles. The number of hydrogen-bond acceptors (Lipinski definition) is 4. The van der Waals surface area contributed by atoms with E-state index in [-0.39, 0.29) is 5.91 Å². The van der Waals surface area contributed by atoms with Gasteiger partial charge in [0.2, 0.25) is 10.0 Å². The Morgan fingerprint density at radius 2 is 2.14 bits per heavy atom. The molecule has 2 heterocycles. The van der Waals surface area contributed by atoms with E-state index in [0.717, 1.165) is 5.56 Å². The van der Waals surface area contributed by atoms with E-state index in [0.29, 0.717) is 29.9 Å². The van der Waals surface area contributed by atoms with Crippen molar-refractivity contribution in [3.8, 4) is 0 Å². The molecule has 0 radical (unpaired) electrons. The van der Waals surface area contributed by atoms with Gasteiger partial charge in [0.25, 0.3) is 5.91 Å². The lowest BCUT2D eigenvalue weighted by Crippen LogP contribution is -2.27. The molecule has 1 amide bonds. The molecule has 3 rings (SSSR count). The van der Waals surface area contributed by atoms with Crippen LogP contribution in [0.5, 0.6) is 0 Å². The number of anilines is 2. The quantitative estimate of drug-likeness (QED) is 0.933. The fourth-order valence-corrected chi connectivity index (χ4v) is 3.42. The lowest BCUT2D eigenvalue weighted by atomic mass is 10.1. The van der Waals surface area contributed by atoms with E-state index in [1.807, 2.05) is 6.07 Å². The number of rotatable bonds is 3. The maximum absolute atomic E-state index is 12.1. The molecule has 1 aliphatic rings. The summed E-state index contributed by atoms with van der Waals surface area (Å²) in [6.07, 6.45) is 4.93. The molecule has 1 aliphatic heterocycles. The number of amides is 1. The molecule has 22 heavy (non-hydrogen) atoms. The Balaban J connectivity index is 1.87. The van der Waals surface area contributed by atoms with Gasteiger partial charge in [-0.25, -0.2) is 8.42 Å². The van der Waals surface area contributed by atoms with Crippen LogP contribution >= 0.6 is 0 Å². The highest BCUT2D eigenvalue weighted by Gasteiger charge is 2.26. The van der Waals surface area contributed by atoms with E-state index in [1.165, 1.54) is 16.8 Å². The third-order valence-electron chi connectivity index (χ3n) is 3.52. The average molecular weight is 317 g/mol. The number of carbonyl (C=O) groups excluding carboxylic acids is 1. The Bertz CT molecular complexity index is 819. The van der Waals surface area contributed by atoms with E-state index in [9.17, 15) is 13.2 Å². The monoisotopic (exact) mass is 317 g/mol. The van der Waals surface area contributed by atoms with Crippen LogP contribution < -0.4 is 9.62 Å². The summed E-state index contributed by atoms with van der Waals surface area (Å²) in [6.45, 7) is 0.439. The highest BCUT2D eigenvalue weighted by atomic mass is 32.2. The van der Waals surface area contributed by atoms with E-state index < -0.39 is 10.0 Å². The Morgan fingerprint density at radius 3 is 2.82 bits per heavy atom. The number of nitrogens with zero attached hydrogens (tertiary/aromatic N) is 2. The second kappa shape index (κ2) is 5.42. The zero-order valence-electron chi connectivity index (χ0n) is 12.0. The second-order valence-corrected chi connectivity index (χ2v) is 7.03. The maximum Gasteiger partial charge on any atom is 0.257 e. The Labute approximate surface area is 128 Å². The lowest BCUT2D eigenvalue weighted by Gasteiger charge is -2.17. The molecule has 0 atom stereocenters. The van der Waals surface area contributed by atoms with Crippen LogP contribution in [-0.2, 0) is 16.4 Å². The van der Waals surface area contributed by atoms with E-state index in [1.54, 1.807) is 30.5 Å². The minimum Gasteiger partial charge on any atom is -0.322 e. The van der Waals surface area contributed by atoms with E-state index in [2.05, 4.69) is 10.3 Å². The number of aromatic nitrogens is 1. The van der Waals surface area contributed by atoms with Gasteiger partial charge in [-0.2, -0.15) is 0 Å². The first-order chi connectivity index (χ1) is 10.4. The zero-order valence-corrected chi connectivity index (χ0v) is 12.8. The second-order valence-electron chi connectivity index (χ2n) is 5.12. The highest BCUT2D eigenvalue weighted by molar-refractivity contribution is 7.92. The topological polar surface area (TPSA) is 79.4 Å². The number of nitrogens with one attached hydrogen (secondary N) is 1. The minimum atomic E-state index is -3.30. The summed E-state index contributed by atoms with van der Waals surface area (Å²) in [7, 11) is -3.30. The fourth-order valence-electron chi connectivity index (χ4n) is 2.47. The number of fused-ring (bicyclic) bond motifs is 1. The van der Waals surface area contributed by atoms with Gasteiger partial charge in [0.05, 0.1) is 17.5 Å². The molecule has 2 aromatic rings. The molecule has 1 N–H and O–H groups in total. The van der Waals surface area contributed by atoms with Crippen LogP contribution in [0.2, 0.25) is 0 Å². The summed E-state index contributed by atoms with van der Waals surface area (Å²) in [5.41, 5.74) is 2.60. The van der Waals surface area contributed by atoms with Gasteiger partial charge < -0.3 is 5.32 Å². The number of pyridine rings is 1. The van der Waals surface area contributed by atoms with Crippen molar-refractivity contribution in [2.45, 2.75) is 6.42 Å². The molecule has 0 saturated heterocycles. The van der Waals surface area contributed by atoms with Gasteiger partial charge in [-0.3, -0.25) is 14.1 Å². The zero-order chi connectivity index (χ0) is 15.7. The molecule has 0 fully saturated rings. The van der Waals surface area contributed by atoms with Gasteiger partial charge in [-0.15, -0.1) is 0 Å². The first-order valence-corrected chi connectivity index (χ1v) is 8.62. The van der Waals surface area contributed by atoms with E-state index in [4.69, 9.17) is 0 Å². The third-order valence-corrected chi connectivity index (χ3v) is 4.70. The van der Waals surface area contributed by atoms with Crippen molar-refractivity contribution in [3.63, 3.8) is 0 Å². The summed E-state index contributed by atoms with van der Waals surface area (Å²) in [4.78, 5) is 16.0. The molecular weight excluding hydrogens is 302 g/mol. The largest absolute Gasteiger partial charge is 0.322 e. The smallest absolute Gasteiger partial charge is 0.257 e. The minimum absolute atomic E-state index is 0.281. The molecule has 1 aromatic heterocycles. The SMILES string of the molecule is CS(=O)(=O)N1CCc2ccc(NC(=O)c3cccnc3)cc21. The summed E-state index contributed by atoms with van der Waals surface area (Å²) in [5.74, 6) is -0.281. The number of sulfonamides is 1. The van der Waals surface area contributed by atoms with Crippen molar-refractivity contribution in [1.29, 1.82) is 0 Å². The van der Waals surface area contributed by atoms with Crippen LogP contribution in [0, 0.1) is 0 Å². The molecule has 0 saturated carbocycles. The normalized spacial score (nSPS) is 13.8. The van der Waals surface area contributed by atoms with Crippen molar-refractivity contribution in [3.05, 3.63) is 53.9 Å². The summed E-state index contributed by atoms with van der Waals surface area (Å²) < 4.78 is 24.9. The van der Waals surface area contributed by atoms with Crippen LogP contribution in [0.15, 0.2) is 42.7 Å². The standard InChI is InChI=1S/C15H15N3O3S/c1-22(20,21)18-8-6-11-4-5-13(9-14(11)18)17-15(19)12-3-2-7-16-10-12/h2-5,7,9-10H,6,8H2,1H3,(H,17,19). The van der Waals surface area contributed by atoms with E-state index >= 15 is 0 Å². The van der Waals surface area contributed by atoms with Crippen LogP contribution in [0.25, 0.3) is 0 Å². The van der Waals surface area contributed by atoms with Crippen molar-refractivity contribution in [1.82, 2.24) is 4.98 Å². The summed E-state index contributed by atoms with van der Waals surface area (Å²) in [5, 5.41) is 2.76. The summed E-state index contributed by atoms with van der Waals surface area (Å²) >= 11 is 0. The lowest BCUT2D eigenvalue weighted by molar-refractivity contribution is 0.102. The predicted molar refractivity (Wildman–Crippen MR) is 84.5 cm³/mol. The maximum atomic E-state index is 12.1. The molecule has 7 heteroatoms. The molecular formula is C15H15N3O3S. The van der Waals surface area contributed by atoms with Crippen molar-refractivity contribution in [2.24, 2.45) is 0 Å². The molecule has 0 bridgehead atoms. The fraction of sp³-hybridized carbons (Fsp3) is 0.200. The molecule has 6 nitrogen and oxygen atoms in total. The molecule has 0 unspecified atom stereocenters. The number of hydrogen-bond donors (Lipinski definition) is 1. The first kappa shape index (κ1) is 14.5. The molecule has 0 spiro atoms. The summed E-state index contributed by atoms with van der Waals surface area (Å²) in [6, 6.07) is 8.66. The van der Waals surface area contributed by atoms with Gasteiger partial charge in [-0.1, -0.05) is 6.07 Å². The van der Waals surface area contributed by atoms with Crippen molar-refractivity contribution < 1.29 is 13.2 Å². The van der Waals surface area contributed by atoms with Crippen LogP contribution in [0.1, 0.15) is 15.9 Å². The van der Waals surface area contributed by atoms with Crippen LogP contribution in [0.4, 0.5) is 11.4 Å². The van der Waals surface area contributed by atoms with Gasteiger partial charge in [0, 0.05) is 24.6 Å². The number of benzene rings is 1. The average Bonchev–Trinajstić information content (AvgIpc) is 2.91. The van der Waals surface area contributed by atoms with Gasteiger partial charge in [0.15, 0.2) is 0 Å². The van der Waals surface area contributed by atoms with Gasteiger partial charge in [-0.05, 0) is 36.2 Å². The third kappa shape index (κ3) is 2.80. The van der Waals surface area contributed by atoms with Crippen LogP contribution in [0.3, 0.4) is 0 Å². The Morgan fingerprint density at radius 1 is 1.32 bits per heavy atom. The molecule has 1 aromatic carbocycles. The van der Waals surface area contributed by atoms with Crippen molar-refractivity contribution in [2.75, 3.05) is 22.4 Å².